The van der Waals surface area contributed by atoms with Crippen molar-refractivity contribution in [1.29, 1.82) is 0 Å². The van der Waals surface area contributed by atoms with Crippen molar-refractivity contribution in [3.63, 3.8) is 0 Å². The van der Waals surface area contributed by atoms with E-state index < -0.39 is 0 Å². The van der Waals surface area contributed by atoms with Gasteiger partial charge in [-0.25, -0.2) is 0 Å². The average Bonchev–Trinajstić information content (AvgIpc) is 2.53. The van der Waals surface area contributed by atoms with Gasteiger partial charge in [-0.1, -0.05) is 37.3 Å². The fraction of sp³-hybridized carbons (Fsp3) is 0.125. The summed E-state index contributed by atoms with van der Waals surface area (Å²) >= 11 is 5.15. The summed E-state index contributed by atoms with van der Waals surface area (Å²) in [6, 6.07) is 16.9. The molecular formula is C16H17N3OS. The van der Waals surface area contributed by atoms with Crippen LogP contribution in [-0.2, 0) is 6.42 Å². The van der Waals surface area contributed by atoms with Gasteiger partial charge in [-0.15, -0.1) is 0 Å². The number of amides is 1. The number of rotatable bonds is 3. The molecule has 21 heavy (non-hydrogen) atoms. The summed E-state index contributed by atoms with van der Waals surface area (Å²) in [7, 11) is 0. The van der Waals surface area contributed by atoms with Crippen LogP contribution in [0.4, 0.5) is 5.69 Å². The lowest BCUT2D eigenvalue weighted by Gasteiger charge is -2.12. The van der Waals surface area contributed by atoms with Gasteiger partial charge in [0.05, 0.1) is 0 Å². The Morgan fingerprint density at radius 2 is 1.81 bits per heavy atom. The first kappa shape index (κ1) is 15.0. The summed E-state index contributed by atoms with van der Waals surface area (Å²) in [6.07, 6.45) is 0.959. The normalized spacial score (nSPS) is 9.76. The van der Waals surface area contributed by atoms with Crippen molar-refractivity contribution in [2.75, 3.05) is 5.32 Å². The number of hydrogen-bond donors (Lipinski definition) is 3. The van der Waals surface area contributed by atoms with Gasteiger partial charge in [0.2, 0.25) is 0 Å². The van der Waals surface area contributed by atoms with Gasteiger partial charge in [-0.2, -0.15) is 0 Å². The van der Waals surface area contributed by atoms with Crippen molar-refractivity contribution < 1.29 is 4.79 Å². The van der Waals surface area contributed by atoms with E-state index in [2.05, 4.69) is 29.2 Å². The third-order valence-corrected chi connectivity index (χ3v) is 3.12. The molecule has 0 aromatic heterocycles. The Kier molecular flexibility index (Phi) is 5.29. The third kappa shape index (κ3) is 4.57. The fourth-order valence-corrected chi connectivity index (χ4v) is 1.98. The number of nitrogens with one attached hydrogen (secondary N) is 3. The van der Waals surface area contributed by atoms with E-state index in [1.165, 1.54) is 5.56 Å². The Balaban J connectivity index is 1.86. The monoisotopic (exact) mass is 299 g/mol. The summed E-state index contributed by atoms with van der Waals surface area (Å²) in [5.74, 6) is -0.234. The number of hydrazine groups is 1. The molecule has 0 aliphatic heterocycles. The van der Waals surface area contributed by atoms with E-state index in [4.69, 9.17) is 12.2 Å². The van der Waals surface area contributed by atoms with Gasteiger partial charge in [0, 0.05) is 11.3 Å². The number of carbonyl (C=O) groups is 1. The molecule has 4 nitrogen and oxygen atoms in total. The number of aryl methyl sites for hydroxylation is 1. The zero-order chi connectivity index (χ0) is 15.1. The molecule has 0 aliphatic rings. The lowest BCUT2D eigenvalue weighted by Crippen LogP contribution is -2.43. The van der Waals surface area contributed by atoms with E-state index in [-0.39, 0.29) is 5.91 Å². The molecule has 3 N–H and O–H groups in total. The molecule has 0 saturated heterocycles. The van der Waals surface area contributed by atoms with Crippen molar-refractivity contribution in [3.8, 4) is 0 Å². The minimum Gasteiger partial charge on any atom is -0.331 e. The second-order valence-electron chi connectivity index (χ2n) is 4.45. The summed E-state index contributed by atoms with van der Waals surface area (Å²) < 4.78 is 0. The highest BCUT2D eigenvalue weighted by Gasteiger charge is 2.04. The Morgan fingerprint density at radius 3 is 2.52 bits per heavy atom. The zero-order valence-electron chi connectivity index (χ0n) is 11.7. The maximum Gasteiger partial charge on any atom is 0.269 e. The lowest BCUT2D eigenvalue weighted by atomic mass is 10.1. The Morgan fingerprint density at radius 1 is 1.05 bits per heavy atom. The van der Waals surface area contributed by atoms with E-state index in [1.54, 1.807) is 12.1 Å². The molecule has 0 radical (unpaired) electrons. The van der Waals surface area contributed by atoms with Gasteiger partial charge >= 0.3 is 0 Å². The molecule has 0 fully saturated rings. The molecule has 0 unspecified atom stereocenters. The predicted molar refractivity (Wildman–Crippen MR) is 89.1 cm³/mol. The number of anilines is 1. The first-order valence-electron chi connectivity index (χ1n) is 6.70. The smallest absolute Gasteiger partial charge is 0.269 e. The number of benzene rings is 2. The van der Waals surface area contributed by atoms with E-state index >= 15 is 0 Å². The van der Waals surface area contributed by atoms with Crippen molar-refractivity contribution in [2.24, 2.45) is 0 Å². The highest BCUT2D eigenvalue weighted by atomic mass is 32.1. The summed E-state index contributed by atoms with van der Waals surface area (Å²) in [5, 5.41) is 3.37. The maximum atomic E-state index is 11.8. The van der Waals surface area contributed by atoms with E-state index in [0.29, 0.717) is 10.7 Å². The topological polar surface area (TPSA) is 53.2 Å². The lowest BCUT2D eigenvalue weighted by molar-refractivity contribution is 0.0944. The minimum atomic E-state index is -0.234. The average molecular weight is 299 g/mol. The van der Waals surface area contributed by atoms with Crippen LogP contribution < -0.4 is 16.2 Å². The van der Waals surface area contributed by atoms with E-state index in [9.17, 15) is 4.79 Å². The number of carbonyl (C=O) groups excluding carboxylic acids is 1. The molecule has 0 aliphatic carbocycles. The molecule has 0 spiro atoms. The van der Waals surface area contributed by atoms with Gasteiger partial charge in [0.25, 0.3) is 5.91 Å². The van der Waals surface area contributed by atoms with Crippen LogP contribution in [-0.4, -0.2) is 11.0 Å². The molecule has 108 valence electrons. The first-order chi connectivity index (χ1) is 10.2. The quantitative estimate of drug-likeness (QED) is 0.602. The molecule has 0 saturated carbocycles. The number of hydrogen-bond acceptors (Lipinski definition) is 2. The molecule has 2 aromatic rings. The summed E-state index contributed by atoms with van der Waals surface area (Å²) in [4.78, 5) is 11.8. The van der Waals surface area contributed by atoms with Crippen LogP contribution in [0.2, 0.25) is 0 Å². The maximum absolute atomic E-state index is 11.8. The van der Waals surface area contributed by atoms with Gasteiger partial charge in [0.15, 0.2) is 5.11 Å². The third-order valence-electron chi connectivity index (χ3n) is 2.92. The summed E-state index contributed by atoms with van der Waals surface area (Å²) in [6.45, 7) is 2.09. The zero-order valence-corrected chi connectivity index (χ0v) is 12.5. The van der Waals surface area contributed by atoms with Crippen LogP contribution >= 0.6 is 12.2 Å². The molecule has 5 heteroatoms. The summed E-state index contributed by atoms with van der Waals surface area (Å²) in [5.41, 5.74) is 7.92. The molecule has 2 rings (SSSR count). The molecule has 0 heterocycles. The van der Waals surface area contributed by atoms with E-state index in [1.807, 2.05) is 36.4 Å². The second kappa shape index (κ2) is 7.40. The highest BCUT2D eigenvalue weighted by Crippen LogP contribution is 2.10. The van der Waals surface area contributed by atoms with Crippen LogP contribution in [0.25, 0.3) is 0 Å². The second-order valence-corrected chi connectivity index (χ2v) is 4.86. The molecule has 0 atom stereocenters. The number of thiocarbonyl (C=S) groups is 1. The predicted octanol–water partition coefficient (Wildman–Crippen LogP) is 2.88. The molecular weight excluding hydrogens is 282 g/mol. The Bertz CT molecular complexity index is 628. The molecule has 0 bridgehead atoms. The van der Waals surface area contributed by atoms with Gasteiger partial charge in [0.1, 0.15) is 0 Å². The van der Waals surface area contributed by atoms with Crippen molar-refractivity contribution >= 4 is 28.9 Å². The molecule has 2 aromatic carbocycles. The van der Waals surface area contributed by atoms with Crippen molar-refractivity contribution in [1.82, 2.24) is 10.9 Å². The van der Waals surface area contributed by atoms with Gasteiger partial charge < -0.3 is 5.32 Å². The Labute approximate surface area is 129 Å². The van der Waals surface area contributed by atoms with Gasteiger partial charge in [-0.05, 0) is 48.5 Å². The van der Waals surface area contributed by atoms with E-state index in [0.717, 1.165) is 12.1 Å². The van der Waals surface area contributed by atoms with Crippen LogP contribution in [0.1, 0.15) is 22.8 Å². The minimum absolute atomic E-state index is 0.234. The van der Waals surface area contributed by atoms with Crippen LogP contribution in [0.3, 0.4) is 0 Å². The highest BCUT2D eigenvalue weighted by molar-refractivity contribution is 7.80. The van der Waals surface area contributed by atoms with Gasteiger partial charge in [-0.3, -0.25) is 15.6 Å². The standard InChI is InChI=1S/C16H17N3OS/c1-2-12-7-6-10-14(11-12)17-16(21)19-18-15(20)13-8-4-3-5-9-13/h3-11H,2H2,1H3,(H,18,20)(H2,17,19,21). The molecule has 1 amide bonds. The van der Waals surface area contributed by atoms with Crippen LogP contribution in [0, 0.1) is 0 Å². The van der Waals surface area contributed by atoms with Crippen LogP contribution in [0.15, 0.2) is 54.6 Å². The fourth-order valence-electron chi connectivity index (χ4n) is 1.81. The largest absolute Gasteiger partial charge is 0.331 e. The van der Waals surface area contributed by atoms with Crippen LogP contribution in [0.5, 0.6) is 0 Å². The first-order valence-corrected chi connectivity index (χ1v) is 7.11. The Hall–Kier alpha value is -2.40. The van der Waals surface area contributed by atoms with Crippen molar-refractivity contribution in [3.05, 3.63) is 65.7 Å². The van der Waals surface area contributed by atoms with Crippen molar-refractivity contribution in [2.45, 2.75) is 13.3 Å². The SMILES string of the molecule is CCc1cccc(NC(=S)NNC(=O)c2ccccc2)c1.